The van der Waals surface area contributed by atoms with Crippen molar-refractivity contribution in [2.75, 3.05) is 36.5 Å². The van der Waals surface area contributed by atoms with Crippen LogP contribution in [0.3, 0.4) is 0 Å². The zero-order chi connectivity index (χ0) is 14.5. The number of rotatable bonds is 4. The Morgan fingerprint density at radius 2 is 1.95 bits per heavy atom. The molecule has 1 aliphatic heterocycles. The predicted octanol–water partition coefficient (Wildman–Crippen LogP) is 1.68. The van der Waals surface area contributed by atoms with Gasteiger partial charge in [0, 0.05) is 13.1 Å². The summed E-state index contributed by atoms with van der Waals surface area (Å²) in [5, 5.41) is 2.73. The van der Waals surface area contributed by atoms with E-state index in [4.69, 9.17) is 10.5 Å². The molecule has 0 aromatic carbocycles. The van der Waals surface area contributed by atoms with Crippen LogP contribution in [0.1, 0.15) is 13.8 Å². The smallest absolute Gasteiger partial charge is 0.242 e. The van der Waals surface area contributed by atoms with Crippen LogP contribution in [0.5, 0.6) is 0 Å². The summed E-state index contributed by atoms with van der Waals surface area (Å²) < 4.78 is 5.31. The standard InChI is InChI=1S/C14H22N4O2.2ClH/c1-10(2)13(15)14(19)17-12-4-3-11(9-16-12)18-5-7-20-8-6-18;;/h3-4,9-10,13H,5-8,15H2,1-2H3,(H,16,17,19);2*1H. The summed E-state index contributed by atoms with van der Waals surface area (Å²) in [6.45, 7) is 7.04. The van der Waals surface area contributed by atoms with Crippen LogP contribution in [0.2, 0.25) is 0 Å². The van der Waals surface area contributed by atoms with E-state index < -0.39 is 6.04 Å². The van der Waals surface area contributed by atoms with Gasteiger partial charge >= 0.3 is 0 Å². The Morgan fingerprint density at radius 1 is 1.32 bits per heavy atom. The Balaban J connectivity index is 0.00000220. The number of anilines is 2. The molecule has 0 aliphatic carbocycles. The zero-order valence-electron chi connectivity index (χ0n) is 12.8. The molecule has 1 aromatic rings. The number of morpholine rings is 1. The molecule has 3 N–H and O–H groups in total. The van der Waals surface area contributed by atoms with Crippen LogP contribution >= 0.6 is 24.8 Å². The molecule has 1 atom stereocenters. The van der Waals surface area contributed by atoms with Crippen LogP contribution < -0.4 is 16.0 Å². The summed E-state index contributed by atoms with van der Waals surface area (Å²) in [7, 11) is 0. The molecule has 2 heterocycles. The molecule has 0 saturated carbocycles. The molecule has 1 fully saturated rings. The first-order valence-electron chi connectivity index (χ1n) is 6.93. The number of nitrogens with one attached hydrogen (secondary N) is 1. The number of nitrogens with zero attached hydrogens (tertiary/aromatic N) is 2. The third-order valence-electron chi connectivity index (χ3n) is 3.40. The average Bonchev–Trinajstić information content (AvgIpc) is 2.48. The Kier molecular flexibility index (Phi) is 9.36. The fourth-order valence-corrected chi connectivity index (χ4v) is 1.98. The maximum atomic E-state index is 11.8. The lowest BCUT2D eigenvalue weighted by Gasteiger charge is -2.28. The van der Waals surface area contributed by atoms with Gasteiger partial charge in [0.2, 0.25) is 5.91 Å². The number of ether oxygens (including phenoxy) is 1. The summed E-state index contributed by atoms with van der Waals surface area (Å²) in [5.41, 5.74) is 6.83. The maximum Gasteiger partial charge on any atom is 0.242 e. The van der Waals surface area contributed by atoms with Gasteiger partial charge in [-0.2, -0.15) is 0 Å². The molecule has 6 nitrogen and oxygen atoms in total. The molecule has 0 bridgehead atoms. The maximum absolute atomic E-state index is 11.8. The SMILES string of the molecule is CC(C)C(N)C(=O)Nc1ccc(N2CCOCC2)cn1.Cl.Cl. The van der Waals surface area contributed by atoms with Crippen molar-refractivity contribution in [1.82, 2.24) is 4.98 Å². The summed E-state index contributed by atoms with van der Waals surface area (Å²) in [6.07, 6.45) is 1.77. The molecule has 126 valence electrons. The van der Waals surface area contributed by atoms with Crippen LogP contribution in [0.4, 0.5) is 11.5 Å². The highest BCUT2D eigenvalue weighted by atomic mass is 35.5. The summed E-state index contributed by atoms with van der Waals surface area (Å²) in [6, 6.07) is 3.24. The Bertz CT molecular complexity index is 451. The first kappa shape index (κ1) is 20.9. The van der Waals surface area contributed by atoms with Gasteiger partial charge in [0.25, 0.3) is 0 Å². The van der Waals surface area contributed by atoms with Gasteiger partial charge in [-0.3, -0.25) is 4.79 Å². The van der Waals surface area contributed by atoms with Crippen molar-refractivity contribution in [3.05, 3.63) is 18.3 Å². The second-order valence-electron chi connectivity index (χ2n) is 5.26. The van der Waals surface area contributed by atoms with E-state index in [2.05, 4.69) is 15.2 Å². The molecule has 1 saturated heterocycles. The first-order valence-corrected chi connectivity index (χ1v) is 6.93. The number of aromatic nitrogens is 1. The normalized spacial score (nSPS) is 15.5. The first-order chi connectivity index (χ1) is 9.58. The van der Waals surface area contributed by atoms with Crippen LogP contribution in [-0.2, 0) is 9.53 Å². The third-order valence-corrected chi connectivity index (χ3v) is 3.40. The Labute approximate surface area is 143 Å². The van der Waals surface area contributed by atoms with Gasteiger partial charge in [0.15, 0.2) is 0 Å². The monoisotopic (exact) mass is 350 g/mol. The van der Waals surface area contributed by atoms with E-state index in [0.29, 0.717) is 5.82 Å². The quantitative estimate of drug-likeness (QED) is 0.863. The van der Waals surface area contributed by atoms with Crippen LogP contribution in [0.15, 0.2) is 18.3 Å². The molecule has 0 radical (unpaired) electrons. The minimum atomic E-state index is -0.518. The lowest BCUT2D eigenvalue weighted by atomic mass is 10.1. The van der Waals surface area contributed by atoms with Gasteiger partial charge in [0.1, 0.15) is 5.82 Å². The lowest BCUT2D eigenvalue weighted by Crippen LogP contribution is -2.40. The summed E-state index contributed by atoms with van der Waals surface area (Å²) in [5.74, 6) is 0.428. The van der Waals surface area contributed by atoms with E-state index in [1.54, 1.807) is 12.3 Å². The minimum absolute atomic E-state index is 0. The van der Waals surface area contributed by atoms with Crippen molar-refractivity contribution in [1.29, 1.82) is 0 Å². The topological polar surface area (TPSA) is 80.5 Å². The minimum Gasteiger partial charge on any atom is -0.378 e. The fourth-order valence-electron chi connectivity index (χ4n) is 1.98. The van der Waals surface area contributed by atoms with Crippen LogP contribution in [0.25, 0.3) is 0 Å². The van der Waals surface area contributed by atoms with Crippen molar-refractivity contribution in [2.24, 2.45) is 11.7 Å². The van der Waals surface area contributed by atoms with Crippen molar-refractivity contribution < 1.29 is 9.53 Å². The molecular formula is C14H24Cl2N4O2. The number of carbonyl (C=O) groups excluding carboxylic acids is 1. The van der Waals surface area contributed by atoms with Crippen LogP contribution in [-0.4, -0.2) is 43.2 Å². The molecule has 1 aliphatic rings. The van der Waals surface area contributed by atoms with Crippen molar-refractivity contribution in [3.63, 3.8) is 0 Å². The van der Waals surface area contributed by atoms with Gasteiger partial charge in [-0.05, 0) is 18.1 Å². The van der Waals surface area contributed by atoms with Gasteiger partial charge < -0.3 is 20.7 Å². The zero-order valence-corrected chi connectivity index (χ0v) is 14.5. The molecule has 0 spiro atoms. The number of nitrogens with two attached hydrogens (primary N) is 1. The third kappa shape index (κ3) is 5.61. The van der Waals surface area contributed by atoms with Gasteiger partial charge in [0.05, 0.1) is 31.1 Å². The van der Waals surface area contributed by atoms with Gasteiger partial charge in [-0.1, -0.05) is 13.8 Å². The number of pyridine rings is 1. The second-order valence-corrected chi connectivity index (χ2v) is 5.26. The van der Waals surface area contributed by atoms with E-state index in [1.165, 1.54) is 0 Å². The molecular weight excluding hydrogens is 327 g/mol. The second kappa shape index (κ2) is 9.84. The van der Waals surface area contributed by atoms with Gasteiger partial charge in [-0.15, -0.1) is 24.8 Å². The van der Waals surface area contributed by atoms with E-state index in [9.17, 15) is 4.79 Å². The van der Waals surface area contributed by atoms with E-state index in [0.717, 1.165) is 32.0 Å². The average molecular weight is 351 g/mol. The highest BCUT2D eigenvalue weighted by Crippen LogP contribution is 2.16. The van der Waals surface area contributed by atoms with Crippen LogP contribution in [0, 0.1) is 5.92 Å². The number of hydrogen-bond acceptors (Lipinski definition) is 5. The van der Waals surface area contributed by atoms with E-state index in [1.807, 2.05) is 19.9 Å². The number of carbonyl (C=O) groups is 1. The molecule has 1 amide bonds. The summed E-state index contributed by atoms with van der Waals surface area (Å²) >= 11 is 0. The number of amides is 1. The lowest BCUT2D eigenvalue weighted by molar-refractivity contribution is -0.118. The molecule has 2 rings (SSSR count). The largest absolute Gasteiger partial charge is 0.378 e. The number of halogens is 2. The van der Waals surface area contributed by atoms with Crippen molar-refractivity contribution in [3.8, 4) is 0 Å². The highest BCUT2D eigenvalue weighted by Gasteiger charge is 2.18. The Morgan fingerprint density at radius 3 is 2.45 bits per heavy atom. The van der Waals surface area contributed by atoms with E-state index in [-0.39, 0.29) is 36.6 Å². The van der Waals surface area contributed by atoms with E-state index >= 15 is 0 Å². The molecule has 1 unspecified atom stereocenters. The van der Waals surface area contributed by atoms with Gasteiger partial charge in [-0.25, -0.2) is 4.98 Å². The predicted molar refractivity (Wildman–Crippen MR) is 93.2 cm³/mol. The highest BCUT2D eigenvalue weighted by molar-refractivity contribution is 5.94. The molecule has 1 aromatic heterocycles. The number of hydrogen-bond donors (Lipinski definition) is 2. The fraction of sp³-hybridized carbons (Fsp3) is 0.571. The molecule has 22 heavy (non-hydrogen) atoms. The Hall–Kier alpha value is -1.08. The van der Waals surface area contributed by atoms with Crippen molar-refractivity contribution >= 4 is 42.2 Å². The molecule has 8 heteroatoms. The summed E-state index contributed by atoms with van der Waals surface area (Å²) in [4.78, 5) is 18.3. The van der Waals surface area contributed by atoms with Crippen molar-refractivity contribution in [2.45, 2.75) is 19.9 Å².